The molecule has 0 bridgehead atoms. The van der Waals surface area contributed by atoms with Gasteiger partial charge in [-0.1, -0.05) is 13.8 Å². The summed E-state index contributed by atoms with van der Waals surface area (Å²) in [5.41, 5.74) is 2.08. The van der Waals surface area contributed by atoms with Gasteiger partial charge in [-0.3, -0.25) is 14.5 Å². The Labute approximate surface area is 153 Å². The number of carbonyl (C=O) groups excluding carboxylic acids is 2. The van der Waals surface area contributed by atoms with Crippen LogP contribution in [0, 0.1) is 0 Å². The van der Waals surface area contributed by atoms with Crippen LogP contribution < -0.4 is 5.32 Å². The molecule has 2 aromatic heterocycles. The lowest BCUT2D eigenvalue weighted by Crippen LogP contribution is -2.41. The number of nitrogens with one attached hydrogen (secondary N) is 1. The van der Waals surface area contributed by atoms with Crippen molar-refractivity contribution in [1.82, 2.24) is 29.7 Å². The zero-order valence-electron chi connectivity index (χ0n) is 15.6. The van der Waals surface area contributed by atoms with Crippen molar-refractivity contribution in [2.24, 2.45) is 0 Å². The van der Waals surface area contributed by atoms with Crippen molar-refractivity contribution in [2.75, 3.05) is 26.2 Å². The Kier molecular flexibility index (Phi) is 5.51. The lowest BCUT2D eigenvalue weighted by molar-refractivity contribution is -0.120. The molecule has 3 heterocycles. The Bertz CT molecular complexity index is 798. The molecule has 2 aromatic rings. The largest absolute Gasteiger partial charge is 0.354 e. The van der Waals surface area contributed by atoms with Gasteiger partial charge in [-0.05, 0) is 20.0 Å². The molecule has 3 rings (SSSR count). The molecule has 0 spiro atoms. The molecule has 1 fully saturated rings. The minimum absolute atomic E-state index is 0.0221. The average molecular weight is 358 g/mol. The van der Waals surface area contributed by atoms with Gasteiger partial charge in [0.05, 0.1) is 6.20 Å². The van der Waals surface area contributed by atoms with Crippen LogP contribution in [0.15, 0.2) is 18.6 Å². The van der Waals surface area contributed by atoms with Crippen LogP contribution in [0.2, 0.25) is 0 Å². The van der Waals surface area contributed by atoms with E-state index < -0.39 is 0 Å². The van der Waals surface area contributed by atoms with Gasteiger partial charge < -0.3 is 10.2 Å². The van der Waals surface area contributed by atoms with E-state index >= 15 is 0 Å². The molecule has 1 aliphatic rings. The van der Waals surface area contributed by atoms with Crippen LogP contribution in [0.5, 0.6) is 0 Å². The highest BCUT2D eigenvalue weighted by Crippen LogP contribution is 2.16. The van der Waals surface area contributed by atoms with Crippen LogP contribution in [0.1, 0.15) is 43.1 Å². The first-order valence-electron chi connectivity index (χ1n) is 9.15. The standard InChI is InChI=1S/C18H26N6O2/c1-4-22(5-2)11-14-9-20-17-15(10-21-24(17)12-14)18(26)23-7-6-16(25)19-8-13(23)3/h9-10,12-13H,4-8,11H2,1-3H3,(H,19,25). The highest BCUT2D eigenvalue weighted by Gasteiger charge is 2.27. The lowest BCUT2D eigenvalue weighted by atomic mass is 10.2. The number of amides is 2. The number of nitrogens with zero attached hydrogens (tertiary/aromatic N) is 5. The summed E-state index contributed by atoms with van der Waals surface area (Å²) in [5, 5.41) is 7.15. The molecule has 0 aromatic carbocycles. The number of fused-ring (bicyclic) bond motifs is 1. The maximum absolute atomic E-state index is 13.0. The van der Waals surface area contributed by atoms with Gasteiger partial charge in [0.25, 0.3) is 5.91 Å². The minimum Gasteiger partial charge on any atom is -0.354 e. The molecule has 140 valence electrons. The van der Waals surface area contributed by atoms with E-state index in [1.807, 2.05) is 19.3 Å². The summed E-state index contributed by atoms with van der Waals surface area (Å²) in [6.45, 7) is 9.80. The summed E-state index contributed by atoms with van der Waals surface area (Å²) >= 11 is 0. The Morgan fingerprint density at radius 3 is 2.85 bits per heavy atom. The second-order valence-corrected chi connectivity index (χ2v) is 6.65. The van der Waals surface area contributed by atoms with E-state index in [1.165, 1.54) is 0 Å². The van der Waals surface area contributed by atoms with Crippen molar-refractivity contribution in [2.45, 2.75) is 39.8 Å². The first kappa shape index (κ1) is 18.3. The maximum Gasteiger partial charge on any atom is 0.259 e. The lowest BCUT2D eigenvalue weighted by Gasteiger charge is -2.25. The quantitative estimate of drug-likeness (QED) is 0.859. The molecular weight excluding hydrogens is 332 g/mol. The molecule has 1 N–H and O–H groups in total. The minimum atomic E-state index is -0.131. The smallest absolute Gasteiger partial charge is 0.259 e. The summed E-state index contributed by atoms with van der Waals surface area (Å²) in [7, 11) is 0. The van der Waals surface area contributed by atoms with Crippen molar-refractivity contribution < 1.29 is 9.59 Å². The second kappa shape index (κ2) is 7.82. The summed E-state index contributed by atoms with van der Waals surface area (Å²) in [4.78, 5) is 33.1. The highest BCUT2D eigenvalue weighted by molar-refractivity contribution is 6.00. The zero-order chi connectivity index (χ0) is 18.7. The third-order valence-corrected chi connectivity index (χ3v) is 4.91. The van der Waals surface area contributed by atoms with Crippen LogP contribution in [0.4, 0.5) is 0 Å². The van der Waals surface area contributed by atoms with Gasteiger partial charge in [-0.2, -0.15) is 5.10 Å². The van der Waals surface area contributed by atoms with Crippen molar-refractivity contribution in [3.8, 4) is 0 Å². The van der Waals surface area contributed by atoms with E-state index in [-0.39, 0.29) is 17.9 Å². The zero-order valence-corrected chi connectivity index (χ0v) is 15.6. The molecule has 1 aliphatic heterocycles. The number of aromatic nitrogens is 3. The predicted molar refractivity (Wildman–Crippen MR) is 97.7 cm³/mol. The average Bonchev–Trinajstić information content (AvgIpc) is 2.99. The van der Waals surface area contributed by atoms with Crippen molar-refractivity contribution >= 4 is 17.5 Å². The fourth-order valence-electron chi connectivity index (χ4n) is 3.21. The molecular formula is C18H26N6O2. The van der Waals surface area contributed by atoms with E-state index in [1.54, 1.807) is 15.6 Å². The molecule has 26 heavy (non-hydrogen) atoms. The van der Waals surface area contributed by atoms with Gasteiger partial charge in [0.1, 0.15) is 5.56 Å². The maximum atomic E-state index is 13.0. The van der Waals surface area contributed by atoms with E-state index in [2.05, 4.69) is 34.1 Å². The first-order chi connectivity index (χ1) is 12.5. The topological polar surface area (TPSA) is 82.8 Å². The number of rotatable bonds is 5. The fraction of sp³-hybridized carbons (Fsp3) is 0.556. The van der Waals surface area contributed by atoms with Crippen molar-refractivity contribution in [3.05, 3.63) is 29.7 Å². The van der Waals surface area contributed by atoms with Crippen LogP contribution >= 0.6 is 0 Å². The third kappa shape index (κ3) is 3.70. The molecule has 0 saturated carbocycles. The summed E-state index contributed by atoms with van der Waals surface area (Å²) in [6.07, 6.45) is 5.62. The molecule has 1 unspecified atom stereocenters. The molecule has 1 atom stereocenters. The molecule has 8 nitrogen and oxygen atoms in total. The summed E-state index contributed by atoms with van der Waals surface area (Å²) in [5.74, 6) is -0.154. The predicted octanol–water partition coefficient (Wildman–Crippen LogP) is 0.922. The normalized spacial score (nSPS) is 18.2. The van der Waals surface area contributed by atoms with Gasteiger partial charge in [0.15, 0.2) is 5.65 Å². The summed E-state index contributed by atoms with van der Waals surface area (Å²) < 4.78 is 1.66. The Balaban J connectivity index is 1.84. The van der Waals surface area contributed by atoms with Gasteiger partial charge in [0.2, 0.25) is 5.91 Å². The van der Waals surface area contributed by atoms with Crippen LogP contribution in [-0.4, -0.2) is 68.4 Å². The van der Waals surface area contributed by atoms with Gasteiger partial charge in [-0.15, -0.1) is 0 Å². The monoisotopic (exact) mass is 358 g/mol. The SMILES string of the molecule is CCN(CC)Cc1cnc2c(C(=O)N3CCC(=O)NCC3C)cnn2c1. The number of carbonyl (C=O) groups is 2. The third-order valence-electron chi connectivity index (χ3n) is 4.91. The van der Waals surface area contributed by atoms with E-state index in [0.29, 0.717) is 30.7 Å². The molecule has 8 heteroatoms. The first-order valence-corrected chi connectivity index (χ1v) is 9.15. The van der Waals surface area contributed by atoms with Gasteiger partial charge in [-0.25, -0.2) is 9.50 Å². The molecule has 2 amide bonds. The van der Waals surface area contributed by atoms with E-state index in [0.717, 1.165) is 25.2 Å². The molecule has 0 radical (unpaired) electrons. The molecule has 0 aliphatic carbocycles. The van der Waals surface area contributed by atoms with Crippen LogP contribution in [0.3, 0.4) is 0 Å². The Hall–Kier alpha value is -2.48. The van der Waals surface area contributed by atoms with E-state index in [4.69, 9.17) is 0 Å². The fourth-order valence-corrected chi connectivity index (χ4v) is 3.21. The second-order valence-electron chi connectivity index (χ2n) is 6.65. The molecule has 1 saturated heterocycles. The van der Waals surface area contributed by atoms with E-state index in [9.17, 15) is 9.59 Å². The van der Waals surface area contributed by atoms with Crippen molar-refractivity contribution in [1.29, 1.82) is 0 Å². The van der Waals surface area contributed by atoms with Crippen LogP contribution in [-0.2, 0) is 11.3 Å². The van der Waals surface area contributed by atoms with Gasteiger partial charge in [0, 0.05) is 50.1 Å². The Morgan fingerprint density at radius 1 is 1.35 bits per heavy atom. The summed E-state index contributed by atoms with van der Waals surface area (Å²) in [6, 6.07) is -0.0640. The van der Waals surface area contributed by atoms with Crippen molar-refractivity contribution in [3.63, 3.8) is 0 Å². The highest BCUT2D eigenvalue weighted by atomic mass is 16.2. The number of hydrogen-bond acceptors (Lipinski definition) is 5. The number of hydrogen-bond donors (Lipinski definition) is 1. The Morgan fingerprint density at radius 2 is 2.12 bits per heavy atom. The van der Waals surface area contributed by atoms with Gasteiger partial charge >= 0.3 is 0 Å². The van der Waals surface area contributed by atoms with Crippen LogP contribution in [0.25, 0.3) is 5.65 Å².